The second-order valence-corrected chi connectivity index (χ2v) is 39.4. The molecule has 782 valence electrons. The van der Waals surface area contributed by atoms with Crippen molar-refractivity contribution in [1.29, 1.82) is 0 Å². The van der Waals surface area contributed by atoms with Gasteiger partial charge in [-0.1, -0.05) is 128 Å². The minimum atomic E-state index is -5.98. The number of carbonyl (C=O) groups excluding carboxylic acids is 8. The van der Waals surface area contributed by atoms with Gasteiger partial charge in [0.1, 0.15) is 91.1 Å². The molecule has 0 aromatic carbocycles. The van der Waals surface area contributed by atoms with Crippen LogP contribution in [0.15, 0.2) is 128 Å². The lowest BCUT2D eigenvalue weighted by Crippen LogP contribution is -2.70. The molecule has 2 heterocycles. The van der Waals surface area contributed by atoms with E-state index in [9.17, 15) is 102 Å². The van der Waals surface area contributed by atoms with Crippen molar-refractivity contribution in [1.82, 2.24) is 42.5 Å². The molecule has 19 N–H and O–H groups in total. The number of hydrogen-bond donors (Lipinski definition) is 18. The summed E-state index contributed by atoms with van der Waals surface area (Å²) >= 11 is 0. The number of carboxylic acid groups (broad SMARTS) is 3. The van der Waals surface area contributed by atoms with Gasteiger partial charge in [-0.2, -0.15) is 4.31 Å². The first-order valence-electron chi connectivity index (χ1n) is 47.6. The van der Waals surface area contributed by atoms with Gasteiger partial charge in [0.25, 0.3) is 0 Å². The molecule has 19 atom stereocenters. The van der Waals surface area contributed by atoms with Crippen LogP contribution in [0.1, 0.15) is 292 Å². The lowest BCUT2D eigenvalue weighted by Gasteiger charge is -2.49. The number of aliphatic carboxylic acids is 3. The van der Waals surface area contributed by atoms with Gasteiger partial charge < -0.3 is 113 Å². The number of nitrogens with one attached hydrogen (secondary N) is 8. The van der Waals surface area contributed by atoms with Gasteiger partial charge in [0.05, 0.1) is 26.2 Å². The Bertz CT molecular complexity index is 4400. The number of rotatable bonds is 67. The van der Waals surface area contributed by atoms with Gasteiger partial charge in [-0.15, -0.1) is 0 Å². The second-order valence-electron chi connectivity index (χ2n) is 36.4. The van der Waals surface area contributed by atoms with Crippen molar-refractivity contribution in [2.24, 2.45) is 5.73 Å². The summed E-state index contributed by atoms with van der Waals surface area (Å²) in [5.41, 5.74) is 20.1. The maximum Gasteiger partial charge on any atom is 0.483 e. The monoisotopic (exact) mass is 1990 g/mol. The summed E-state index contributed by atoms with van der Waals surface area (Å²) in [6, 6.07) is -13.0. The minimum absolute atomic E-state index is 0.0318. The number of unbranched alkanes of at least 4 members (excludes halogenated alkanes) is 1. The van der Waals surface area contributed by atoms with Crippen LogP contribution in [-0.2, 0) is 94.2 Å². The highest BCUT2D eigenvalue weighted by atomic mass is 31.3. The Balaban J connectivity index is 2.13. The largest absolute Gasteiger partial charge is 0.483 e. The molecule has 2 aliphatic rings. The molecule has 0 aromatic heterocycles. The van der Waals surface area contributed by atoms with Crippen molar-refractivity contribution in [2.45, 2.75) is 395 Å². The first-order chi connectivity index (χ1) is 64.8. The summed E-state index contributed by atoms with van der Waals surface area (Å²) in [7, 11) is -11.6. The molecular formula is C98H161N9O29P2. The molecule has 2 fully saturated rings. The molecule has 2 unspecified atom stereocenters. The highest BCUT2D eigenvalue weighted by molar-refractivity contribution is 7.61. The van der Waals surface area contributed by atoms with Crippen molar-refractivity contribution in [3.05, 3.63) is 128 Å². The number of carbonyl (C=O) groups is 11. The minimum Gasteiger partial charge on any atom is -0.480 e. The fourth-order valence-electron chi connectivity index (χ4n) is 14.6. The maximum atomic E-state index is 14.2. The Morgan fingerprint density at radius 2 is 0.797 bits per heavy atom. The first kappa shape index (κ1) is 125. The van der Waals surface area contributed by atoms with Crippen LogP contribution < -0.4 is 48.3 Å². The topological polar surface area (TPSA) is 591 Å². The Morgan fingerprint density at radius 3 is 1.20 bits per heavy atom. The summed E-state index contributed by atoms with van der Waals surface area (Å²) in [6.45, 7) is 29.6. The number of phosphoric acid groups is 2. The molecule has 40 heteroatoms. The fourth-order valence-corrected chi connectivity index (χ4v) is 16.7. The number of carboxylic acids is 3. The van der Waals surface area contributed by atoms with E-state index in [2.05, 4.69) is 177 Å². The summed E-state index contributed by atoms with van der Waals surface area (Å²) < 4.78 is 66.4. The predicted molar refractivity (Wildman–Crippen MR) is 523 cm³/mol. The number of nitrogens with two attached hydrogens (primary N) is 1. The molecule has 0 aliphatic carbocycles. The van der Waals surface area contributed by atoms with Crippen LogP contribution in [-0.4, -0.2) is 241 Å². The zero-order valence-corrected chi connectivity index (χ0v) is 85.8. The van der Waals surface area contributed by atoms with Crippen LogP contribution in [0.25, 0.3) is 0 Å². The van der Waals surface area contributed by atoms with Gasteiger partial charge >= 0.3 is 33.6 Å². The third-order valence-corrected chi connectivity index (χ3v) is 25.7. The summed E-state index contributed by atoms with van der Waals surface area (Å²) in [6.07, 6.45) is 25.2. The smallest absolute Gasteiger partial charge is 0.480 e. The molecule has 0 spiro atoms. The molecule has 2 aliphatic heterocycles. The zero-order valence-electron chi connectivity index (χ0n) is 84.0. The van der Waals surface area contributed by atoms with E-state index in [1.807, 2.05) is 6.92 Å². The van der Waals surface area contributed by atoms with E-state index in [1.54, 1.807) is 6.92 Å². The van der Waals surface area contributed by atoms with Crippen molar-refractivity contribution in [3.8, 4) is 0 Å². The SMILES string of the molecule is CC(=O)N[C@H]1[C@H](O[C@H]2[C@H](O[C@H](C)C(=O)N[C@@H](C)C(=O)N[C@H](CCC(=O)N[C@@H](CCCCNC(=O)C[C@@H](N)C(=O)O)C(=O)N[C@H](C)C(=O)N[C@H](C)C(=O)O)C(=O)O)[C@@H](NC(C)=O)[C@@H](OP(=O)(O)OP(=O)(O)OC/C=C(/C)CC/C=C(/C)CC/C=C(/C)CC/C=C(/C)CC/C=C(/C)CC/C=C(/C)CC/C=C(/C)CC/C=C(/C)CC/C=C(\C)CC/C=C(\C)CCC=C(C)C)O[C@@H]2CO)O[C@H](CO)[C@@H](O)[C@@H]1O. The van der Waals surface area contributed by atoms with Crippen LogP contribution >= 0.6 is 15.6 Å². The highest BCUT2D eigenvalue weighted by Gasteiger charge is 2.55. The number of aliphatic hydroxyl groups is 4. The summed E-state index contributed by atoms with van der Waals surface area (Å²) in [5.74, 6) is -12.2. The Morgan fingerprint density at radius 1 is 0.406 bits per heavy atom. The average Bonchev–Trinajstić information content (AvgIpc) is 0.764. The lowest BCUT2D eigenvalue weighted by atomic mass is 9.94. The van der Waals surface area contributed by atoms with E-state index in [0.717, 1.165) is 149 Å². The zero-order chi connectivity index (χ0) is 104. The molecule has 0 radical (unpaired) electrons. The van der Waals surface area contributed by atoms with Crippen molar-refractivity contribution < 1.29 is 140 Å². The Hall–Kier alpha value is -8.79. The maximum absolute atomic E-state index is 14.2. The first-order valence-corrected chi connectivity index (χ1v) is 50.6. The number of allylic oxidation sites excluding steroid dienone is 21. The third kappa shape index (κ3) is 53.7. The number of ether oxygens (including phenoxy) is 4. The molecule has 0 bridgehead atoms. The number of aliphatic hydroxyl groups excluding tert-OH is 4. The van der Waals surface area contributed by atoms with Gasteiger partial charge in [-0.25, -0.2) is 13.9 Å². The molecule has 0 aromatic rings. The van der Waals surface area contributed by atoms with Crippen LogP contribution in [0, 0.1) is 0 Å². The predicted octanol–water partition coefficient (Wildman–Crippen LogP) is 11.3. The molecular weight excluding hydrogens is 1830 g/mol. The fraction of sp³-hybridized carbons (Fsp3) is 0.663. The van der Waals surface area contributed by atoms with Gasteiger partial charge in [0.15, 0.2) is 12.6 Å². The number of hydrogen-bond acceptors (Lipinski definition) is 25. The van der Waals surface area contributed by atoms with E-state index in [-0.39, 0.29) is 25.8 Å². The van der Waals surface area contributed by atoms with Crippen molar-refractivity contribution >= 4 is 80.8 Å². The molecule has 8 amide bonds. The van der Waals surface area contributed by atoms with E-state index < -0.39 is 224 Å². The van der Waals surface area contributed by atoms with E-state index >= 15 is 0 Å². The molecule has 2 rings (SSSR count). The average molecular weight is 1990 g/mol. The van der Waals surface area contributed by atoms with Crippen molar-refractivity contribution in [2.75, 3.05) is 26.4 Å². The molecule has 0 saturated carbocycles. The Labute approximate surface area is 814 Å². The van der Waals surface area contributed by atoms with Crippen LogP contribution in [0.5, 0.6) is 0 Å². The van der Waals surface area contributed by atoms with E-state index in [4.69, 9.17) is 38.8 Å². The van der Waals surface area contributed by atoms with Crippen LogP contribution in [0.4, 0.5) is 0 Å². The number of phosphoric ester groups is 2. The molecule has 138 heavy (non-hydrogen) atoms. The summed E-state index contributed by atoms with van der Waals surface area (Å²) in [4.78, 5) is 163. The van der Waals surface area contributed by atoms with Gasteiger partial charge in [-0.05, 0) is 265 Å². The van der Waals surface area contributed by atoms with Gasteiger partial charge in [0, 0.05) is 26.8 Å². The quantitative estimate of drug-likeness (QED) is 0.0153. The number of amides is 8. The molecule has 38 nitrogen and oxygen atoms in total. The van der Waals surface area contributed by atoms with E-state index in [1.165, 1.54) is 70.1 Å². The van der Waals surface area contributed by atoms with Gasteiger partial charge in [-0.3, -0.25) is 57.0 Å². The van der Waals surface area contributed by atoms with Crippen molar-refractivity contribution in [3.63, 3.8) is 0 Å². The summed E-state index contributed by atoms with van der Waals surface area (Å²) in [5, 5.41) is 90.2. The third-order valence-electron chi connectivity index (χ3n) is 23.1. The van der Waals surface area contributed by atoms with Gasteiger partial charge in [0.2, 0.25) is 47.3 Å². The Kier molecular flexibility index (Phi) is 60.7. The normalized spacial score (nSPS) is 22.0. The molecule has 2 saturated heterocycles. The highest BCUT2D eigenvalue weighted by Crippen LogP contribution is 2.61. The second kappa shape index (κ2) is 66.8. The van der Waals surface area contributed by atoms with Crippen LogP contribution in [0.3, 0.4) is 0 Å². The van der Waals surface area contributed by atoms with E-state index in [0.29, 0.717) is 18.4 Å². The lowest BCUT2D eigenvalue weighted by molar-refractivity contribution is -0.331. The standard InChI is InChI=1S/C98H161N9O29P2/c1-60(2)31-21-32-61(3)33-22-34-62(4)35-23-36-63(5)37-24-38-64(6)39-25-40-65(7)41-26-42-66(8)43-27-44-67(9)45-28-46-68(10)47-29-48-69(11)49-30-50-70(12)54-56-130-137(126,127)136-138(128,129)135-98-85(105-76(18)111)89(88(81(59-109)133-98)134-97-84(104-75(17)110)87(115)86(114)80(58-108)132-97)131-74(16)92(118)101-72(14)91(117)107-79(96(124)125)52-53-82(112)106-78(51-19-20-55-100-83(113)57-77(99)95(122)123)93(119)102-71(13)90(116)103-73(15)94(120)121/h31,33,35,37,39,41,43,45,47,49,54,71-74,77-81,84-89,97-98,108-109,114-115H,19-30,32,34,36,38,40,42,44,46,48,50-53,55-59,99H2,1-18H3,(H,100,113)(H,101,118)(H,102,119)(H,103,116)(H,104,110)(H,105,111)(H,106,112)(H,107,117)(H,120,121)(H,122,123)(H,124,125)(H,126,127)(H,128,129)/b61-33+,62-35+,63-37-,64-39-,65-41-,66-43-,67-45-,68-47-,69-49-,70-54-/t71-,72+,73-,74-,77-,78+,79-,80-,81-,84-,85-,86-,87-,88-,89-,97+,98-/m1/s1. The van der Waals surface area contributed by atoms with Crippen LogP contribution in [0.2, 0.25) is 0 Å².